The van der Waals surface area contributed by atoms with Gasteiger partial charge in [-0.05, 0) is 30.3 Å². The fourth-order valence-corrected chi connectivity index (χ4v) is 2.89. The smallest absolute Gasteiger partial charge is 0.294 e. The van der Waals surface area contributed by atoms with Crippen LogP contribution in [0.3, 0.4) is 0 Å². The highest BCUT2D eigenvalue weighted by Crippen LogP contribution is 2.20. The van der Waals surface area contributed by atoms with E-state index in [2.05, 4.69) is 21.3 Å². The molecule has 0 aliphatic rings. The quantitative estimate of drug-likeness (QED) is 0.445. The molecule has 0 saturated carbocycles. The van der Waals surface area contributed by atoms with Crippen LogP contribution in [0.4, 0.5) is 0 Å². The minimum absolute atomic E-state index is 0.137. The largest absolute Gasteiger partial charge is 0.504 e. The number of amides is 3. The molecule has 1 aromatic heterocycles. The molecule has 0 bridgehead atoms. The van der Waals surface area contributed by atoms with Gasteiger partial charge >= 0.3 is 0 Å². The average molecular weight is 448 g/mol. The number of para-hydroxylation sites is 1. The molecule has 1 heterocycles. The number of nitrogens with zero attached hydrogens (tertiary/aromatic N) is 2. The van der Waals surface area contributed by atoms with Crippen molar-refractivity contribution in [3.8, 4) is 11.4 Å². The Morgan fingerprint density at radius 1 is 1.00 bits per heavy atom. The van der Waals surface area contributed by atoms with Gasteiger partial charge in [-0.15, -0.1) is 0 Å². The topological polar surface area (TPSA) is 125 Å². The SMILES string of the molecule is O=C(CNC(=O)c1ccc(Cl)cc1Cl)NNC(=O)c1nn(-c2ccccc2)cc1O. The monoisotopic (exact) mass is 447 g/mol. The lowest BCUT2D eigenvalue weighted by Gasteiger charge is -2.08. The third-order valence-electron chi connectivity index (χ3n) is 3.83. The molecule has 3 rings (SSSR count). The Labute approximate surface area is 180 Å². The first-order valence-electron chi connectivity index (χ1n) is 8.51. The van der Waals surface area contributed by atoms with Gasteiger partial charge < -0.3 is 10.4 Å². The zero-order valence-corrected chi connectivity index (χ0v) is 16.7. The van der Waals surface area contributed by atoms with Crippen LogP contribution in [0.25, 0.3) is 5.69 Å². The van der Waals surface area contributed by atoms with E-state index in [-0.39, 0.29) is 22.0 Å². The molecule has 0 aliphatic carbocycles. The number of aromatic nitrogens is 2. The molecule has 4 N–H and O–H groups in total. The summed E-state index contributed by atoms with van der Waals surface area (Å²) in [5.41, 5.74) is 4.74. The number of rotatable bonds is 5. The van der Waals surface area contributed by atoms with Crippen molar-refractivity contribution < 1.29 is 19.5 Å². The third kappa shape index (κ3) is 5.07. The van der Waals surface area contributed by atoms with E-state index in [1.165, 1.54) is 29.1 Å². The van der Waals surface area contributed by atoms with Crippen LogP contribution in [0.5, 0.6) is 5.75 Å². The Bertz CT molecular complexity index is 1100. The van der Waals surface area contributed by atoms with E-state index in [1.807, 2.05) is 6.07 Å². The van der Waals surface area contributed by atoms with Gasteiger partial charge in [-0.1, -0.05) is 41.4 Å². The number of aromatic hydroxyl groups is 1. The molecule has 154 valence electrons. The Kier molecular flexibility index (Phi) is 6.55. The summed E-state index contributed by atoms with van der Waals surface area (Å²) in [5, 5.41) is 16.8. The van der Waals surface area contributed by atoms with Crippen LogP contribution in [0.1, 0.15) is 20.8 Å². The number of hydrogen-bond donors (Lipinski definition) is 4. The van der Waals surface area contributed by atoms with Gasteiger partial charge in [0.25, 0.3) is 17.7 Å². The average Bonchev–Trinajstić information content (AvgIpc) is 3.12. The van der Waals surface area contributed by atoms with E-state index in [9.17, 15) is 19.5 Å². The zero-order chi connectivity index (χ0) is 21.7. The van der Waals surface area contributed by atoms with Crippen molar-refractivity contribution in [1.29, 1.82) is 0 Å². The van der Waals surface area contributed by atoms with Crippen molar-refractivity contribution in [1.82, 2.24) is 25.9 Å². The summed E-state index contributed by atoms with van der Waals surface area (Å²) in [6.45, 7) is -0.428. The molecular weight excluding hydrogens is 433 g/mol. The molecule has 0 unspecified atom stereocenters. The van der Waals surface area contributed by atoms with Crippen molar-refractivity contribution in [2.45, 2.75) is 0 Å². The van der Waals surface area contributed by atoms with E-state index in [1.54, 1.807) is 24.3 Å². The number of benzene rings is 2. The first-order chi connectivity index (χ1) is 14.3. The van der Waals surface area contributed by atoms with Crippen molar-refractivity contribution >= 4 is 40.9 Å². The highest BCUT2D eigenvalue weighted by molar-refractivity contribution is 6.36. The van der Waals surface area contributed by atoms with Gasteiger partial charge in [0.15, 0.2) is 11.4 Å². The van der Waals surface area contributed by atoms with Crippen molar-refractivity contribution in [3.05, 3.63) is 76.0 Å². The summed E-state index contributed by atoms with van der Waals surface area (Å²) >= 11 is 11.7. The van der Waals surface area contributed by atoms with Gasteiger partial charge in [0.1, 0.15) is 0 Å². The summed E-state index contributed by atoms with van der Waals surface area (Å²) in [6, 6.07) is 13.2. The number of carbonyl (C=O) groups is 3. The fraction of sp³-hybridized carbons (Fsp3) is 0.0526. The van der Waals surface area contributed by atoms with Gasteiger partial charge in [-0.3, -0.25) is 25.2 Å². The van der Waals surface area contributed by atoms with Crippen LogP contribution in [-0.4, -0.2) is 39.2 Å². The minimum atomic E-state index is -0.831. The third-order valence-corrected chi connectivity index (χ3v) is 4.38. The predicted octanol–water partition coefficient (Wildman–Crippen LogP) is 2.08. The molecule has 3 amide bonds. The highest BCUT2D eigenvalue weighted by atomic mass is 35.5. The van der Waals surface area contributed by atoms with Crippen LogP contribution in [-0.2, 0) is 4.79 Å². The lowest BCUT2D eigenvalue weighted by atomic mass is 10.2. The molecule has 9 nitrogen and oxygen atoms in total. The van der Waals surface area contributed by atoms with Crippen molar-refractivity contribution in [2.75, 3.05) is 6.54 Å². The first kappa shape index (κ1) is 21.2. The summed E-state index contributed by atoms with van der Waals surface area (Å²) in [7, 11) is 0. The summed E-state index contributed by atoms with van der Waals surface area (Å²) in [6.07, 6.45) is 1.27. The second-order valence-corrected chi connectivity index (χ2v) is 6.80. The minimum Gasteiger partial charge on any atom is -0.504 e. The second-order valence-electron chi connectivity index (χ2n) is 5.95. The first-order valence-corrected chi connectivity index (χ1v) is 9.27. The maximum Gasteiger partial charge on any atom is 0.294 e. The Balaban J connectivity index is 1.53. The molecule has 2 aromatic carbocycles. The van der Waals surface area contributed by atoms with E-state index >= 15 is 0 Å². The Morgan fingerprint density at radius 3 is 2.43 bits per heavy atom. The number of hydrazine groups is 1. The zero-order valence-electron chi connectivity index (χ0n) is 15.2. The van der Waals surface area contributed by atoms with Gasteiger partial charge in [-0.2, -0.15) is 5.10 Å². The molecule has 0 saturated heterocycles. The number of hydrogen-bond acceptors (Lipinski definition) is 5. The fourth-order valence-electron chi connectivity index (χ4n) is 2.40. The molecule has 11 heteroatoms. The van der Waals surface area contributed by atoms with E-state index in [0.29, 0.717) is 10.7 Å². The lowest BCUT2D eigenvalue weighted by Crippen LogP contribution is -2.46. The molecule has 30 heavy (non-hydrogen) atoms. The summed E-state index contributed by atoms with van der Waals surface area (Å²) in [5.74, 6) is -2.49. The predicted molar refractivity (Wildman–Crippen MR) is 110 cm³/mol. The van der Waals surface area contributed by atoms with Crippen LogP contribution in [0, 0.1) is 0 Å². The van der Waals surface area contributed by atoms with Gasteiger partial charge in [0, 0.05) is 5.02 Å². The lowest BCUT2D eigenvalue weighted by molar-refractivity contribution is -0.120. The molecule has 0 fully saturated rings. The summed E-state index contributed by atoms with van der Waals surface area (Å²) < 4.78 is 1.32. The molecule has 3 aromatic rings. The standard InChI is InChI=1S/C19H15Cl2N5O4/c20-11-6-7-13(14(21)8-11)18(29)22-9-16(28)23-24-19(30)17-15(27)10-26(25-17)12-4-2-1-3-5-12/h1-8,10,27H,9H2,(H,22,29)(H,23,28)(H,24,30). The van der Waals surface area contributed by atoms with Crippen molar-refractivity contribution in [2.24, 2.45) is 0 Å². The molecule has 0 aliphatic heterocycles. The Hall–Kier alpha value is -3.56. The maximum absolute atomic E-state index is 12.2. The molecule has 0 atom stereocenters. The normalized spacial score (nSPS) is 10.3. The van der Waals surface area contributed by atoms with Crippen molar-refractivity contribution in [3.63, 3.8) is 0 Å². The Morgan fingerprint density at radius 2 is 1.73 bits per heavy atom. The number of nitrogens with one attached hydrogen (secondary N) is 3. The van der Waals surface area contributed by atoms with Crippen LogP contribution in [0.15, 0.2) is 54.7 Å². The van der Waals surface area contributed by atoms with Gasteiger partial charge in [0.2, 0.25) is 0 Å². The van der Waals surface area contributed by atoms with Gasteiger partial charge in [-0.25, -0.2) is 4.68 Å². The van der Waals surface area contributed by atoms with E-state index in [4.69, 9.17) is 23.2 Å². The van der Waals surface area contributed by atoms with Gasteiger partial charge in [0.05, 0.1) is 29.0 Å². The maximum atomic E-state index is 12.2. The molecular formula is C19H15Cl2N5O4. The molecule has 0 radical (unpaired) electrons. The van der Waals surface area contributed by atoms with E-state index in [0.717, 1.165) is 0 Å². The molecule has 0 spiro atoms. The van der Waals surface area contributed by atoms with Crippen LogP contribution < -0.4 is 16.2 Å². The number of carbonyl (C=O) groups excluding carboxylic acids is 3. The summed E-state index contributed by atoms with van der Waals surface area (Å²) in [4.78, 5) is 36.1. The second kappa shape index (κ2) is 9.29. The number of halogens is 2. The van der Waals surface area contributed by atoms with E-state index < -0.39 is 24.3 Å². The van der Waals surface area contributed by atoms with Crippen LogP contribution in [0.2, 0.25) is 10.0 Å². The highest BCUT2D eigenvalue weighted by Gasteiger charge is 2.18. The van der Waals surface area contributed by atoms with Crippen LogP contribution >= 0.6 is 23.2 Å².